The molecule has 3 rings (SSSR count). The van der Waals surface area contributed by atoms with Crippen LogP contribution >= 0.6 is 0 Å². The van der Waals surface area contributed by atoms with Crippen LogP contribution < -0.4 is 5.73 Å². The van der Waals surface area contributed by atoms with E-state index < -0.39 is 10.0 Å². The molecule has 5 nitrogen and oxygen atoms in total. The first-order valence-electron chi connectivity index (χ1n) is 7.09. The van der Waals surface area contributed by atoms with Crippen LogP contribution in [0.25, 0.3) is 10.9 Å². The summed E-state index contributed by atoms with van der Waals surface area (Å²) < 4.78 is 27.2. The minimum atomic E-state index is -3.54. The van der Waals surface area contributed by atoms with Crippen LogP contribution in [0, 0.1) is 6.92 Å². The summed E-state index contributed by atoms with van der Waals surface area (Å²) >= 11 is 0. The zero-order chi connectivity index (χ0) is 15.0. The van der Waals surface area contributed by atoms with Gasteiger partial charge >= 0.3 is 0 Å². The summed E-state index contributed by atoms with van der Waals surface area (Å²) in [4.78, 5) is 4.60. The normalized spacial score (nSPS) is 20.8. The molecule has 0 radical (unpaired) electrons. The predicted octanol–water partition coefficient (Wildman–Crippen LogP) is 1.66. The lowest BCUT2D eigenvalue weighted by Crippen LogP contribution is -2.45. The maximum Gasteiger partial charge on any atom is 0.245 e. The van der Waals surface area contributed by atoms with Gasteiger partial charge in [-0.05, 0) is 37.5 Å². The maximum absolute atomic E-state index is 12.9. The van der Waals surface area contributed by atoms with Crippen molar-refractivity contribution in [1.29, 1.82) is 0 Å². The van der Waals surface area contributed by atoms with E-state index in [1.54, 1.807) is 18.3 Å². The number of nitrogens with two attached hydrogens (primary N) is 1. The molecule has 1 saturated heterocycles. The van der Waals surface area contributed by atoms with E-state index in [2.05, 4.69) is 4.98 Å². The molecular weight excluding hydrogens is 286 g/mol. The minimum absolute atomic E-state index is 0.0845. The zero-order valence-corrected chi connectivity index (χ0v) is 12.8. The van der Waals surface area contributed by atoms with E-state index >= 15 is 0 Å². The van der Waals surface area contributed by atoms with Crippen LogP contribution in [0.4, 0.5) is 0 Å². The Labute approximate surface area is 124 Å². The summed E-state index contributed by atoms with van der Waals surface area (Å²) in [6, 6.07) is 7.14. The molecular formula is C15H19N3O2S. The number of piperidine rings is 1. The van der Waals surface area contributed by atoms with E-state index in [1.807, 2.05) is 19.1 Å². The summed E-state index contributed by atoms with van der Waals surface area (Å²) in [5.74, 6) is 0. The molecule has 1 aliphatic rings. The summed E-state index contributed by atoms with van der Waals surface area (Å²) in [7, 11) is -3.54. The Kier molecular flexibility index (Phi) is 3.69. The first-order chi connectivity index (χ1) is 9.98. The number of hydrogen-bond donors (Lipinski definition) is 1. The average molecular weight is 305 g/mol. The SMILES string of the molecule is Cc1cnc2c(S(=O)(=O)N3CCCC(N)C3)cccc2c1. The highest BCUT2D eigenvalue weighted by Crippen LogP contribution is 2.26. The molecule has 2 aromatic rings. The van der Waals surface area contributed by atoms with Crippen LogP contribution in [-0.4, -0.2) is 36.8 Å². The number of nitrogens with zero attached hydrogens (tertiary/aromatic N) is 2. The first-order valence-corrected chi connectivity index (χ1v) is 8.53. The number of sulfonamides is 1. The van der Waals surface area contributed by atoms with E-state index in [9.17, 15) is 8.42 Å². The van der Waals surface area contributed by atoms with Crippen LogP contribution in [0.3, 0.4) is 0 Å². The fourth-order valence-electron chi connectivity index (χ4n) is 2.78. The minimum Gasteiger partial charge on any atom is -0.327 e. The van der Waals surface area contributed by atoms with Gasteiger partial charge in [-0.25, -0.2) is 8.42 Å². The maximum atomic E-state index is 12.9. The largest absolute Gasteiger partial charge is 0.327 e. The van der Waals surface area contributed by atoms with Gasteiger partial charge in [-0.2, -0.15) is 4.31 Å². The van der Waals surface area contributed by atoms with Crippen molar-refractivity contribution in [2.75, 3.05) is 13.1 Å². The van der Waals surface area contributed by atoms with E-state index in [-0.39, 0.29) is 10.9 Å². The molecule has 1 aliphatic heterocycles. The van der Waals surface area contributed by atoms with Crippen LogP contribution in [0.5, 0.6) is 0 Å². The number of aryl methyl sites for hydroxylation is 1. The Morgan fingerprint density at radius 3 is 2.95 bits per heavy atom. The highest BCUT2D eigenvalue weighted by molar-refractivity contribution is 7.89. The summed E-state index contributed by atoms with van der Waals surface area (Å²) in [6.07, 6.45) is 3.37. The molecule has 0 bridgehead atoms. The van der Waals surface area contributed by atoms with Gasteiger partial charge in [0.05, 0.1) is 5.52 Å². The van der Waals surface area contributed by atoms with Crippen molar-refractivity contribution < 1.29 is 8.42 Å². The Balaban J connectivity index is 2.10. The number of aromatic nitrogens is 1. The lowest BCUT2D eigenvalue weighted by Gasteiger charge is -2.30. The molecule has 2 N–H and O–H groups in total. The van der Waals surface area contributed by atoms with Gasteiger partial charge in [-0.3, -0.25) is 4.98 Å². The molecule has 0 amide bonds. The predicted molar refractivity (Wildman–Crippen MR) is 82.4 cm³/mol. The second kappa shape index (κ2) is 5.36. The molecule has 1 aromatic heterocycles. The fourth-order valence-corrected chi connectivity index (χ4v) is 4.48. The van der Waals surface area contributed by atoms with Crippen molar-refractivity contribution in [3.63, 3.8) is 0 Å². The molecule has 1 aromatic carbocycles. The summed E-state index contributed by atoms with van der Waals surface area (Å²) in [5.41, 5.74) is 7.45. The van der Waals surface area contributed by atoms with Crippen LogP contribution in [0.1, 0.15) is 18.4 Å². The molecule has 0 aliphatic carbocycles. The number of benzene rings is 1. The van der Waals surface area contributed by atoms with Crippen molar-refractivity contribution in [3.8, 4) is 0 Å². The molecule has 1 unspecified atom stereocenters. The topological polar surface area (TPSA) is 76.3 Å². The Morgan fingerprint density at radius 1 is 1.38 bits per heavy atom. The molecule has 0 saturated carbocycles. The smallest absolute Gasteiger partial charge is 0.245 e. The summed E-state index contributed by atoms with van der Waals surface area (Å²) in [6.45, 7) is 2.85. The van der Waals surface area contributed by atoms with E-state index in [0.29, 0.717) is 18.6 Å². The fraction of sp³-hybridized carbons (Fsp3) is 0.400. The highest BCUT2D eigenvalue weighted by Gasteiger charge is 2.30. The van der Waals surface area contributed by atoms with Crippen LogP contribution in [0.2, 0.25) is 0 Å². The number of rotatable bonds is 2. The number of fused-ring (bicyclic) bond motifs is 1. The van der Waals surface area contributed by atoms with Crippen molar-refractivity contribution >= 4 is 20.9 Å². The second-order valence-corrected chi connectivity index (χ2v) is 7.51. The highest BCUT2D eigenvalue weighted by atomic mass is 32.2. The van der Waals surface area contributed by atoms with Crippen molar-refractivity contribution in [3.05, 3.63) is 36.0 Å². The third-order valence-corrected chi connectivity index (χ3v) is 5.75. The number of para-hydroxylation sites is 1. The standard InChI is InChI=1S/C15H19N3O2S/c1-11-8-12-4-2-6-14(15(12)17-9-11)21(19,20)18-7-3-5-13(16)10-18/h2,4,6,8-9,13H,3,5,7,10,16H2,1H3. The molecule has 112 valence electrons. The van der Waals surface area contributed by atoms with Gasteiger partial charge in [0, 0.05) is 30.7 Å². The Morgan fingerprint density at radius 2 is 2.19 bits per heavy atom. The lowest BCUT2D eigenvalue weighted by atomic mass is 10.1. The third kappa shape index (κ3) is 2.66. The van der Waals surface area contributed by atoms with Gasteiger partial charge in [-0.15, -0.1) is 0 Å². The third-order valence-electron chi connectivity index (χ3n) is 3.85. The van der Waals surface area contributed by atoms with Crippen molar-refractivity contribution in [2.45, 2.75) is 30.7 Å². The molecule has 6 heteroatoms. The Bertz CT molecular complexity index is 774. The quantitative estimate of drug-likeness (QED) is 0.915. The summed E-state index contributed by atoms with van der Waals surface area (Å²) in [5, 5.41) is 0.845. The van der Waals surface area contributed by atoms with Gasteiger partial charge in [0.25, 0.3) is 0 Å². The molecule has 1 atom stereocenters. The first kappa shape index (κ1) is 14.4. The van der Waals surface area contributed by atoms with E-state index in [4.69, 9.17) is 5.73 Å². The van der Waals surface area contributed by atoms with Crippen molar-refractivity contribution in [2.24, 2.45) is 5.73 Å². The van der Waals surface area contributed by atoms with E-state index in [0.717, 1.165) is 23.8 Å². The van der Waals surface area contributed by atoms with Gasteiger partial charge in [0.2, 0.25) is 10.0 Å². The molecule has 1 fully saturated rings. The van der Waals surface area contributed by atoms with Crippen LogP contribution in [-0.2, 0) is 10.0 Å². The van der Waals surface area contributed by atoms with Gasteiger partial charge in [0.1, 0.15) is 4.90 Å². The second-order valence-electron chi connectivity index (χ2n) is 5.61. The van der Waals surface area contributed by atoms with Gasteiger partial charge in [0.15, 0.2) is 0 Å². The monoisotopic (exact) mass is 305 g/mol. The van der Waals surface area contributed by atoms with Gasteiger partial charge < -0.3 is 5.73 Å². The molecule has 0 spiro atoms. The van der Waals surface area contributed by atoms with E-state index in [1.165, 1.54) is 4.31 Å². The molecule has 2 heterocycles. The Hall–Kier alpha value is -1.50. The van der Waals surface area contributed by atoms with Crippen LogP contribution in [0.15, 0.2) is 35.4 Å². The lowest BCUT2D eigenvalue weighted by molar-refractivity contribution is 0.316. The van der Waals surface area contributed by atoms with Crippen molar-refractivity contribution in [1.82, 2.24) is 9.29 Å². The average Bonchev–Trinajstić information content (AvgIpc) is 2.46. The van der Waals surface area contributed by atoms with Gasteiger partial charge in [-0.1, -0.05) is 12.1 Å². The zero-order valence-electron chi connectivity index (χ0n) is 12.0. The number of hydrogen-bond acceptors (Lipinski definition) is 4. The molecule has 21 heavy (non-hydrogen) atoms. The number of pyridine rings is 1.